The van der Waals surface area contributed by atoms with Crippen LogP contribution in [0.4, 0.5) is 11.4 Å². The standard InChI is InChI=1S/C19H17ClN2O4/c1-11(23)21-15-4-6-18(25-2)16(9-15)22-19(24)13-7-12-8-14(20)3-5-17(12)26-10-13/h3-9H,10H2,1-2H3,(H,21,23)(H,22,24). The highest BCUT2D eigenvalue weighted by atomic mass is 35.5. The van der Waals surface area contributed by atoms with Gasteiger partial charge in [-0.15, -0.1) is 0 Å². The fourth-order valence-electron chi connectivity index (χ4n) is 2.57. The van der Waals surface area contributed by atoms with Crippen LogP contribution in [0.3, 0.4) is 0 Å². The van der Waals surface area contributed by atoms with Crippen LogP contribution >= 0.6 is 11.6 Å². The van der Waals surface area contributed by atoms with Gasteiger partial charge in [0.2, 0.25) is 5.91 Å². The molecular weight excluding hydrogens is 356 g/mol. The van der Waals surface area contributed by atoms with E-state index in [1.54, 1.807) is 42.5 Å². The summed E-state index contributed by atoms with van der Waals surface area (Å²) in [6, 6.07) is 10.2. The quantitative estimate of drug-likeness (QED) is 0.857. The molecule has 0 atom stereocenters. The van der Waals surface area contributed by atoms with Crippen molar-refractivity contribution in [3.05, 3.63) is 52.6 Å². The lowest BCUT2D eigenvalue weighted by atomic mass is 10.1. The van der Waals surface area contributed by atoms with Crippen LogP contribution in [0.2, 0.25) is 5.02 Å². The molecule has 2 aromatic rings. The molecule has 0 spiro atoms. The van der Waals surface area contributed by atoms with E-state index >= 15 is 0 Å². The van der Waals surface area contributed by atoms with Crippen LogP contribution in [0.1, 0.15) is 12.5 Å². The summed E-state index contributed by atoms with van der Waals surface area (Å²) in [5.41, 5.74) is 2.20. The van der Waals surface area contributed by atoms with Gasteiger partial charge in [0.25, 0.3) is 5.91 Å². The van der Waals surface area contributed by atoms with Gasteiger partial charge in [0, 0.05) is 23.2 Å². The van der Waals surface area contributed by atoms with Crippen molar-refractivity contribution in [1.29, 1.82) is 0 Å². The highest BCUT2D eigenvalue weighted by Crippen LogP contribution is 2.31. The zero-order valence-electron chi connectivity index (χ0n) is 14.3. The molecule has 2 N–H and O–H groups in total. The number of methoxy groups -OCH3 is 1. The number of carbonyl (C=O) groups is 2. The number of carbonyl (C=O) groups excluding carboxylic acids is 2. The van der Waals surface area contributed by atoms with Crippen molar-refractivity contribution in [1.82, 2.24) is 0 Å². The Bertz CT molecular complexity index is 908. The first-order valence-corrected chi connectivity index (χ1v) is 8.24. The van der Waals surface area contributed by atoms with Crippen LogP contribution < -0.4 is 20.1 Å². The van der Waals surface area contributed by atoms with E-state index in [2.05, 4.69) is 10.6 Å². The largest absolute Gasteiger partial charge is 0.495 e. The maximum Gasteiger partial charge on any atom is 0.255 e. The van der Waals surface area contributed by atoms with Gasteiger partial charge in [0.1, 0.15) is 18.1 Å². The van der Waals surface area contributed by atoms with Gasteiger partial charge in [-0.2, -0.15) is 0 Å². The van der Waals surface area contributed by atoms with Crippen LogP contribution in [0.25, 0.3) is 6.08 Å². The van der Waals surface area contributed by atoms with Gasteiger partial charge in [0.05, 0.1) is 18.4 Å². The third kappa shape index (κ3) is 3.97. The van der Waals surface area contributed by atoms with Crippen molar-refractivity contribution in [3.63, 3.8) is 0 Å². The van der Waals surface area contributed by atoms with Crippen molar-refractivity contribution >= 4 is 40.9 Å². The summed E-state index contributed by atoms with van der Waals surface area (Å²) in [6.45, 7) is 1.56. The fourth-order valence-corrected chi connectivity index (χ4v) is 2.75. The summed E-state index contributed by atoms with van der Waals surface area (Å²) in [5, 5.41) is 6.03. The summed E-state index contributed by atoms with van der Waals surface area (Å²) in [6.07, 6.45) is 1.74. The molecule has 0 saturated carbocycles. The van der Waals surface area contributed by atoms with Crippen LogP contribution in [-0.4, -0.2) is 25.5 Å². The van der Waals surface area contributed by atoms with Crippen LogP contribution in [-0.2, 0) is 9.59 Å². The first-order chi connectivity index (χ1) is 12.5. The molecule has 3 rings (SSSR count). The normalized spacial score (nSPS) is 12.3. The summed E-state index contributed by atoms with van der Waals surface area (Å²) >= 11 is 6.00. The molecule has 2 amide bonds. The molecule has 0 aliphatic carbocycles. The molecule has 0 radical (unpaired) electrons. The molecule has 0 bridgehead atoms. The first kappa shape index (κ1) is 17.8. The molecule has 1 heterocycles. The van der Waals surface area contributed by atoms with Gasteiger partial charge in [-0.05, 0) is 42.5 Å². The molecule has 0 aromatic heterocycles. The Kier molecular flexibility index (Phi) is 5.14. The minimum absolute atomic E-state index is 0.147. The van der Waals surface area contributed by atoms with Crippen LogP contribution in [0.5, 0.6) is 11.5 Å². The molecule has 134 valence electrons. The summed E-state index contributed by atoms with van der Waals surface area (Å²) < 4.78 is 10.9. The van der Waals surface area contributed by atoms with E-state index in [1.807, 2.05) is 0 Å². The fraction of sp³-hybridized carbons (Fsp3) is 0.158. The third-order valence-electron chi connectivity index (χ3n) is 3.74. The Hall–Kier alpha value is -2.99. The van der Waals surface area contributed by atoms with Gasteiger partial charge < -0.3 is 20.1 Å². The predicted octanol–water partition coefficient (Wildman–Crippen LogP) is 3.72. The molecule has 0 fully saturated rings. The average Bonchev–Trinajstić information content (AvgIpc) is 2.60. The number of rotatable bonds is 4. The Labute approximate surface area is 155 Å². The predicted molar refractivity (Wildman–Crippen MR) is 101 cm³/mol. The number of amides is 2. The van der Waals surface area contributed by atoms with E-state index in [9.17, 15) is 9.59 Å². The Morgan fingerprint density at radius 3 is 2.69 bits per heavy atom. The lowest BCUT2D eigenvalue weighted by molar-refractivity contribution is -0.114. The highest BCUT2D eigenvalue weighted by Gasteiger charge is 2.19. The molecule has 1 aliphatic heterocycles. The van der Waals surface area contributed by atoms with Crippen LogP contribution in [0, 0.1) is 0 Å². The van der Waals surface area contributed by atoms with E-state index in [4.69, 9.17) is 21.1 Å². The van der Waals surface area contributed by atoms with Gasteiger partial charge in [-0.25, -0.2) is 0 Å². The number of anilines is 2. The van der Waals surface area contributed by atoms with Gasteiger partial charge in [-0.1, -0.05) is 11.6 Å². The topological polar surface area (TPSA) is 76.7 Å². The molecule has 6 nitrogen and oxygen atoms in total. The summed E-state index contributed by atoms with van der Waals surface area (Å²) in [7, 11) is 1.50. The number of hydrogen-bond donors (Lipinski definition) is 2. The molecular formula is C19H17ClN2O4. The average molecular weight is 373 g/mol. The Morgan fingerprint density at radius 1 is 1.15 bits per heavy atom. The molecule has 26 heavy (non-hydrogen) atoms. The number of nitrogens with one attached hydrogen (secondary N) is 2. The van der Waals surface area contributed by atoms with Gasteiger partial charge in [-0.3, -0.25) is 9.59 Å². The SMILES string of the molecule is COc1ccc(NC(C)=O)cc1NC(=O)C1=Cc2cc(Cl)ccc2OC1. The first-order valence-electron chi connectivity index (χ1n) is 7.86. The van der Waals surface area contributed by atoms with Gasteiger partial charge in [0.15, 0.2) is 0 Å². The lowest BCUT2D eigenvalue weighted by Gasteiger charge is -2.18. The zero-order chi connectivity index (χ0) is 18.7. The highest BCUT2D eigenvalue weighted by molar-refractivity contribution is 6.30. The van der Waals surface area contributed by atoms with Crippen molar-refractivity contribution in [3.8, 4) is 11.5 Å². The molecule has 7 heteroatoms. The molecule has 0 unspecified atom stereocenters. The number of ether oxygens (including phenoxy) is 2. The second-order valence-corrected chi connectivity index (χ2v) is 6.13. The van der Waals surface area contributed by atoms with E-state index in [0.717, 1.165) is 5.56 Å². The van der Waals surface area contributed by atoms with Crippen molar-refractivity contribution in [2.24, 2.45) is 0 Å². The van der Waals surface area contributed by atoms with Crippen LogP contribution in [0.15, 0.2) is 42.0 Å². The maximum atomic E-state index is 12.6. The Balaban J connectivity index is 1.84. The van der Waals surface area contributed by atoms with Crippen molar-refractivity contribution < 1.29 is 19.1 Å². The smallest absolute Gasteiger partial charge is 0.255 e. The molecule has 1 aliphatic rings. The molecule has 0 saturated heterocycles. The monoisotopic (exact) mass is 372 g/mol. The Morgan fingerprint density at radius 2 is 1.96 bits per heavy atom. The van der Waals surface area contributed by atoms with E-state index in [-0.39, 0.29) is 18.4 Å². The lowest BCUT2D eigenvalue weighted by Crippen LogP contribution is -2.21. The van der Waals surface area contributed by atoms with E-state index in [1.165, 1.54) is 14.0 Å². The molecule has 2 aromatic carbocycles. The summed E-state index contributed by atoms with van der Waals surface area (Å²) in [5.74, 6) is 0.627. The van der Waals surface area contributed by atoms with Crippen molar-refractivity contribution in [2.45, 2.75) is 6.92 Å². The number of hydrogen-bond acceptors (Lipinski definition) is 4. The second-order valence-electron chi connectivity index (χ2n) is 5.69. The number of fused-ring (bicyclic) bond motifs is 1. The summed E-state index contributed by atoms with van der Waals surface area (Å²) in [4.78, 5) is 23.9. The van der Waals surface area contributed by atoms with Crippen molar-refractivity contribution in [2.75, 3.05) is 24.4 Å². The zero-order valence-corrected chi connectivity index (χ0v) is 15.0. The van der Waals surface area contributed by atoms with E-state index in [0.29, 0.717) is 33.5 Å². The van der Waals surface area contributed by atoms with E-state index < -0.39 is 0 Å². The minimum Gasteiger partial charge on any atom is -0.495 e. The minimum atomic E-state index is -0.325. The number of benzene rings is 2. The second kappa shape index (κ2) is 7.49. The third-order valence-corrected chi connectivity index (χ3v) is 3.98. The van der Waals surface area contributed by atoms with Gasteiger partial charge >= 0.3 is 0 Å². The maximum absolute atomic E-state index is 12.6. The number of halogens is 1.